The van der Waals surface area contributed by atoms with Gasteiger partial charge in [0.15, 0.2) is 0 Å². The third-order valence-corrected chi connectivity index (χ3v) is 6.13. The number of hydrogen-bond donors (Lipinski definition) is 0. The van der Waals surface area contributed by atoms with Crippen molar-refractivity contribution in [3.05, 3.63) is 107 Å². The highest BCUT2D eigenvalue weighted by atomic mass is 16.5. The molecule has 0 spiro atoms. The Morgan fingerprint density at radius 1 is 0.800 bits per heavy atom. The zero-order valence-corrected chi connectivity index (χ0v) is 17.2. The Bertz CT molecular complexity index is 1060. The fourth-order valence-electron chi connectivity index (χ4n) is 4.46. The molecular formula is C27H24O3. The van der Waals surface area contributed by atoms with Gasteiger partial charge in [-0.2, -0.15) is 0 Å². The quantitative estimate of drug-likeness (QED) is 0.583. The summed E-state index contributed by atoms with van der Waals surface area (Å²) in [4.78, 5) is 0. The molecular weight excluding hydrogens is 372 g/mol. The van der Waals surface area contributed by atoms with Crippen LogP contribution in [0.1, 0.15) is 22.3 Å². The number of rotatable bonds is 4. The van der Waals surface area contributed by atoms with Crippen molar-refractivity contribution in [2.24, 2.45) is 0 Å². The summed E-state index contributed by atoms with van der Waals surface area (Å²) in [7, 11) is 3.38. The number of fused-ring (bicyclic) bond motifs is 3. The third-order valence-electron chi connectivity index (χ3n) is 6.13. The molecule has 3 aromatic rings. The molecule has 2 aliphatic rings. The summed E-state index contributed by atoms with van der Waals surface area (Å²) in [6.07, 6.45) is 6.68. The first-order valence-electron chi connectivity index (χ1n) is 10.1. The SMILES string of the molecule is COc1ccc(C2(c3ccc(OC)cc3)C=C3c4ccccc4C=CC3OC2)cc1. The van der Waals surface area contributed by atoms with Gasteiger partial charge in [-0.1, -0.05) is 66.8 Å². The van der Waals surface area contributed by atoms with Crippen LogP contribution in [0.4, 0.5) is 0 Å². The molecule has 0 saturated carbocycles. The number of benzene rings is 3. The Balaban J connectivity index is 1.71. The molecule has 1 aliphatic heterocycles. The van der Waals surface area contributed by atoms with Gasteiger partial charge < -0.3 is 14.2 Å². The maximum atomic E-state index is 6.46. The zero-order chi connectivity index (χ0) is 20.6. The molecule has 30 heavy (non-hydrogen) atoms. The van der Waals surface area contributed by atoms with Crippen LogP contribution in [0.2, 0.25) is 0 Å². The molecule has 0 saturated heterocycles. The topological polar surface area (TPSA) is 27.7 Å². The highest BCUT2D eigenvalue weighted by Crippen LogP contribution is 2.44. The number of hydrogen-bond acceptors (Lipinski definition) is 3. The maximum Gasteiger partial charge on any atom is 0.118 e. The lowest BCUT2D eigenvalue weighted by Crippen LogP contribution is -2.38. The van der Waals surface area contributed by atoms with Crippen molar-refractivity contribution >= 4 is 11.6 Å². The van der Waals surface area contributed by atoms with E-state index in [-0.39, 0.29) is 6.10 Å². The van der Waals surface area contributed by atoms with Crippen LogP contribution in [-0.2, 0) is 10.2 Å². The van der Waals surface area contributed by atoms with E-state index < -0.39 is 5.41 Å². The molecule has 0 N–H and O–H groups in total. The van der Waals surface area contributed by atoms with Gasteiger partial charge >= 0.3 is 0 Å². The van der Waals surface area contributed by atoms with Crippen LogP contribution in [0.15, 0.2) is 84.9 Å². The van der Waals surface area contributed by atoms with E-state index in [0.29, 0.717) is 6.61 Å². The molecule has 3 aromatic carbocycles. The molecule has 0 amide bonds. The maximum absolute atomic E-state index is 6.46. The number of methoxy groups -OCH3 is 2. The predicted molar refractivity (Wildman–Crippen MR) is 120 cm³/mol. The predicted octanol–water partition coefficient (Wildman–Crippen LogP) is 5.50. The smallest absolute Gasteiger partial charge is 0.118 e. The van der Waals surface area contributed by atoms with Crippen LogP contribution in [-0.4, -0.2) is 26.9 Å². The van der Waals surface area contributed by atoms with E-state index in [0.717, 1.165) is 11.5 Å². The second-order valence-corrected chi connectivity index (χ2v) is 7.71. The summed E-state index contributed by atoms with van der Waals surface area (Å²) in [5, 5.41) is 0. The summed E-state index contributed by atoms with van der Waals surface area (Å²) < 4.78 is 17.2. The molecule has 1 atom stereocenters. The molecule has 0 radical (unpaired) electrons. The van der Waals surface area contributed by atoms with Crippen molar-refractivity contribution in [3.63, 3.8) is 0 Å². The van der Waals surface area contributed by atoms with Crippen molar-refractivity contribution in [1.82, 2.24) is 0 Å². The molecule has 3 heteroatoms. The fraction of sp³-hybridized carbons (Fsp3) is 0.185. The van der Waals surface area contributed by atoms with Crippen LogP contribution in [0.5, 0.6) is 11.5 Å². The van der Waals surface area contributed by atoms with Gasteiger partial charge in [-0.05, 0) is 52.1 Å². The number of ether oxygens (including phenoxy) is 3. The average molecular weight is 396 g/mol. The van der Waals surface area contributed by atoms with Crippen LogP contribution < -0.4 is 9.47 Å². The molecule has 0 aromatic heterocycles. The van der Waals surface area contributed by atoms with Crippen molar-refractivity contribution in [1.29, 1.82) is 0 Å². The normalized spacial score (nSPS) is 18.7. The Morgan fingerprint density at radius 2 is 1.40 bits per heavy atom. The first kappa shape index (κ1) is 18.7. The lowest BCUT2D eigenvalue weighted by Gasteiger charge is -2.40. The van der Waals surface area contributed by atoms with Gasteiger partial charge in [0.05, 0.1) is 26.2 Å². The average Bonchev–Trinajstić information content (AvgIpc) is 2.83. The molecule has 3 nitrogen and oxygen atoms in total. The van der Waals surface area contributed by atoms with Gasteiger partial charge in [-0.15, -0.1) is 0 Å². The zero-order valence-electron chi connectivity index (χ0n) is 17.2. The summed E-state index contributed by atoms with van der Waals surface area (Å²) in [6.45, 7) is 0.562. The van der Waals surface area contributed by atoms with Crippen molar-refractivity contribution < 1.29 is 14.2 Å². The van der Waals surface area contributed by atoms with Gasteiger partial charge in [-0.3, -0.25) is 0 Å². The summed E-state index contributed by atoms with van der Waals surface area (Å²) >= 11 is 0. The first-order chi connectivity index (χ1) is 14.7. The Morgan fingerprint density at radius 3 is 2.00 bits per heavy atom. The van der Waals surface area contributed by atoms with E-state index >= 15 is 0 Å². The molecule has 150 valence electrons. The van der Waals surface area contributed by atoms with Crippen molar-refractivity contribution in [2.75, 3.05) is 20.8 Å². The first-order valence-corrected chi connectivity index (χ1v) is 10.1. The minimum atomic E-state index is -0.400. The second kappa shape index (κ2) is 7.51. The van der Waals surface area contributed by atoms with Crippen LogP contribution in [0.25, 0.3) is 11.6 Å². The summed E-state index contributed by atoms with van der Waals surface area (Å²) in [5.74, 6) is 1.69. The highest BCUT2D eigenvalue weighted by molar-refractivity contribution is 5.84. The molecule has 0 fully saturated rings. The van der Waals surface area contributed by atoms with Gasteiger partial charge in [0.25, 0.3) is 0 Å². The monoisotopic (exact) mass is 396 g/mol. The lowest BCUT2D eigenvalue weighted by atomic mass is 9.70. The molecule has 1 unspecified atom stereocenters. The van der Waals surface area contributed by atoms with E-state index in [1.807, 2.05) is 24.3 Å². The van der Waals surface area contributed by atoms with E-state index in [1.54, 1.807) is 14.2 Å². The lowest BCUT2D eigenvalue weighted by molar-refractivity contribution is 0.0866. The van der Waals surface area contributed by atoms with Gasteiger partial charge in [0, 0.05) is 0 Å². The minimum Gasteiger partial charge on any atom is -0.497 e. The van der Waals surface area contributed by atoms with E-state index in [2.05, 4.69) is 66.8 Å². The van der Waals surface area contributed by atoms with Gasteiger partial charge in [0.1, 0.15) is 17.6 Å². The van der Waals surface area contributed by atoms with Crippen LogP contribution in [0.3, 0.4) is 0 Å². The fourth-order valence-corrected chi connectivity index (χ4v) is 4.46. The third kappa shape index (κ3) is 3.03. The highest BCUT2D eigenvalue weighted by Gasteiger charge is 2.39. The molecule has 1 heterocycles. The Kier molecular flexibility index (Phi) is 4.68. The summed E-state index contributed by atoms with van der Waals surface area (Å²) in [6, 6.07) is 25.1. The van der Waals surface area contributed by atoms with Crippen molar-refractivity contribution in [2.45, 2.75) is 11.5 Å². The van der Waals surface area contributed by atoms with Gasteiger partial charge in [-0.25, -0.2) is 0 Å². The van der Waals surface area contributed by atoms with Crippen LogP contribution >= 0.6 is 0 Å². The standard InChI is InChI=1S/C27H24O3/c1-28-22-12-8-20(9-13-22)27(21-10-14-23(29-2)15-11-21)17-25-24-6-4-3-5-19(24)7-16-26(25)30-18-27/h3-17,26H,18H2,1-2H3. The molecule has 5 rings (SSSR count). The van der Waals surface area contributed by atoms with E-state index in [4.69, 9.17) is 14.2 Å². The largest absolute Gasteiger partial charge is 0.497 e. The van der Waals surface area contributed by atoms with E-state index in [9.17, 15) is 0 Å². The summed E-state index contributed by atoms with van der Waals surface area (Å²) in [5.41, 5.74) is 5.62. The van der Waals surface area contributed by atoms with Crippen molar-refractivity contribution in [3.8, 4) is 11.5 Å². The molecule has 1 aliphatic carbocycles. The van der Waals surface area contributed by atoms with Gasteiger partial charge in [0.2, 0.25) is 0 Å². The van der Waals surface area contributed by atoms with Crippen LogP contribution in [0, 0.1) is 0 Å². The van der Waals surface area contributed by atoms with E-state index in [1.165, 1.54) is 27.8 Å². The Labute approximate surface area is 177 Å². The Hall–Kier alpha value is -3.30. The molecule has 0 bridgehead atoms. The minimum absolute atomic E-state index is 0.0236. The second-order valence-electron chi connectivity index (χ2n) is 7.71.